The molecule has 1 aromatic heterocycles. The van der Waals surface area contributed by atoms with Crippen molar-refractivity contribution in [1.29, 1.82) is 0 Å². The third-order valence-corrected chi connectivity index (χ3v) is 4.78. The van der Waals surface area contributed by atoms with Gasteiger partial charge in [0.2, 0.25) is 0 Å². The molecule has 1 unspecified atom stereocenters. The van der Waals surface area contributed by atoms with E-state index in [1.165, 1.54) is 24.5 Å². The highest BCUT2D eigenvalue weighted by Gasteiger charge is 2.15. The Bertz CT molecular complexity index is 585. The molecule has 1 atom stereocenters. The number of aryl methyl sites for hydroxylation is 1. The average molecular weight is 300 g/mol. The van der Waals surface area contributed by atoms with Gasteiger partial charge in [0.25, 0.3) is 0 Å². The van der Waals surface area contributed by atoms with E-state index in [9.17, 15) is 4.39 Å². The summed E-state index contributed by atoms with van der Waals surface area (Å²) in [6, 6.07) is 4.65. The predicted octanol–water partition coefficient (Wildman–Crippen LogP) is 4.10. The molecular formula is C14H15ClFNOS. The van der Waals surface area contributed by atoms with Crippen molar-refractivity contribution in [3.8, 4) is 5.75 Å². The van der Waals surface area contributed by atoms with E-state index in [1.54, 1.807) is 6.07 Å². The van der Waals surface area contributed by atoms with Crippen LogP contribution in [0.25, 0.3) is 0 Å². The van der Waals surface area contributed by atoms with Crippen molar-refractivity contribution in [2.24, 2.45) is 5.73 Å². The lowest BCUT2D eigenvalue weighted by Crippen LogP contribution is -2.12. The van der Waals surface area contributed by atoms with Gasteiger partial charge in [-0.1, -0.05) is 17.7 Å². The van der Waals surface area contributed by atoms with E-state index >= 15 is 0 Å². The second-order valence-electron chi connectivity index (χ2n) is 4.38. The normalized spacial score (nSPS) is 12.5. The van der Waals surface area contributed by atoms with Crippen molar-refractivity contribution < 1.29 is 9.13 Å². The van der Waals surface area contributed by atoms with Crippen molar-refractivity contribution in [3.63, 3.8) is 0 Å². The zero-order chi connectivity index (χ0) is 14.0. The van der Waals surface area contributed by atoms with Crippen molar-refractivity contribution in [2.45, 2.75) is 19.4 Å². The third-order valence-electron chi connectivity index (χ3n) is 2.93. The summed E-state index contributed by atoms with van der Waals surface area (Å²) in [6.45, 7) is 1.95. The van der Waals surface area contributed by atoms with E-state index < -0.39 is 0 Å². The Morgan fingerprint density at radius 2 is 2.21 bits per heavy atom. The topological polar surface area (TPSA) is 35.2 Å². The predicted molar refractivity (Wildman–Crippen MR) is 77.7 cm³/mol. The minimum atomic E-state index is -0.374. The van der Waals surface area contributed by atoms with Gasteiger partial charge < -0.3 is 10.5 Å². The Balaban J connectivity index is 2.17. The largest absolute Gasteiger partial charge is 0.494 e. The molecule has 5 heteroatoms. The maximum absolute atomic E-state index is 13.6. The Labute approximate surface area is 121 Å². The van der Waals surface area contributed by atoms with Gasteiger partial charge in [-0.25, -0.2) is 4.39 Å². The van der Waals surface area contributed by atoms with Crippen LogP contribution in [0.3, 0.4) is 0 Å². The molecule has 2 rings (SSSR count). The molecule has 0 amide bonds. The van der Waals surface area contributed by atoms with Crippen molar-refractivity contribution >= 4 is 22.9 Å². The van der Waals surface area contributed by atoms with Crippen LogP contribution < -0.4 is 10.5 Å². The van der Waals surface area contributed by atoms with Gasteiger partial charge >= 0.3 is 0 Å². The third kappa shape index (κ3) is 3.08. The van der Waals surface area contributed by atoms with E-state index in [0.29, 0.717) is 11.4 Å². The Morgan fingerprint density at radius 3 is 2.74 bits per heavy atom. The smallest absolute Gasteiger partial charge is 0.165 e. The summed E-state index contributed by atoms with van der Waals surface area (Å²) in [7, 11) is 1.44. The lowest BCUT2D eigenvalue weighted by molar-refractivity contribution is 0.386. The fourth-order valence-electron chi connectivity index (χ4n) is 1.88. The second-order valence-corrected chi connectivity index (χ2v) is 5.67. The molecule has 0 saturated carbocycles. The Morgan fingerprint density at radius 1 is 1.47 bits per heavy atom. The van der Waals surface area contributed by atoms with Crippen LogP contribution in [0, 0.1) is 12.7 Å². The first-order valence-corrected chi connectivity index (χ1v) is 7.10. The number of halogens is 2. The van der Waals surface area contributed by atoms with Crippen LogP contribution in [0.2, 0.25) is 5.02 Å². The van der Waals surface area contributed by atoms with Crippen molar-refractivity contribution in [2.75, 3.05) is 7.11 Å². The number of ether oxygens (including phenoxy) is 1. The Hall–Kier alpha value is -1.10. The first-order chi connectivity index (χ1) is 9.02. The van der Waals surface area contributed by atoms with E-state index in [2.05, 4.69) is 0 Å². The second kappa shape index (κ2) is 5.90. The number of methoxy groups -OCH3 is 1. The van der Waals surface area contributed by atoms with Crippen LogP contribution >= 0.6 is 22.9 Å². The lowest BCUT2D eigenvalue weighted by Gasteiger charge is -2.11. The number of benzene rings is 1. The fraction of sp³-hybridized carbons (Fsp3) is 0.286. The molecule has 2 N–H and O–H groups in total. The summed E-state index contributed by atoms with van der Waals surface area (Å²) in [5.74, 6) is -0.136. The van der Waals surface area contributed by atoms with E-state index in [-0.39, 0.29) is 17.6 Å². The minimum Gasteiger partial charge on any atom is -0.494 e. The molecule has 2 nitrogen and oxygen atoms in total. The average Bonchev–Trinajstić information content (AvgIpc) is 2.70. The molecule has 1 heterocycles. The molecule has 0 aliphatic heterocycles. The number of rotatable bonds is 4. The van der Waals surface area contributed by atoms with Crippen molar-refractivity contribution in [1.82, 2.24) is 0 Å². The summed E-state index contributed by atoms with van der Waals surface area (Å²) < 4.78 is 18.5. The first-order valence-electron chi connectivity index (χ1n) is 5.84. The van der Waals surface area contributed by atoms with Crippen LogP contribution in [0.4, 0.5) is 4.39 Å². The summed E-state index contributed by atoms with van der Waals surface area (Å²) in [5.41, 5.74) is 7.99. The maximum Gasteiger partial charge on any atom is 0.165 e. The zero-order valence-electron chi connectivity index (χ0n) is 10.7. The molecular weight excluding hydrogens is 285 g/mol. The summed E-state index contributed by atoms with van der Waals surface area (Å²) in [6.07, 6.45) is 0.542. The molecule has 0 aliphatic rings. The highest BCUT2D eigenvalue weighted by molar-refractivity contribution is 7.10. The maximum atomic E-state index is 13.6. The van der Waals surface area contributed by atoms with Gasteiger partial charge in [0.15, 0.2) is 11.6 Å². The molecule has 1 aromatic carbocycles. The van der Waals surface area contributed by atoms with Crippen molar-refractivity contribution in [3.05, 3.63) is 50.4 Å². The first kappa shape index (κ1) is 14.3. The number of thiophene rings is 1. The minimum absolute atomic E-state index is 0.223. The van der Waals surface area contributed by atoms with Gasteiger partial charge in [-0.3, -0.25) is 0 Å². The Kier molecular flexibility index (Phi) is 4.45. The van der Waals surface area contributed by atoms with Gasteiger partial charge in [0.1, 0.15) is 0 Å². The van der Waals surface area contributed by atoms with Gasteiger partial charge in [-0.15, -0.1) is 11.3 Å². The number of hydrogen-bond donors (Lipinski definition) is 1. The van der Waals surface area contributed by atoms with Gasteiger partial charge in [-0.05, 0) is 42.0 Å². The standard InChI is InChI=1S/C14H15ClFNOS/c1-8-7-19-14(13(8)15)11(17)6-9-3-4-12(18-2)10(16)5-9/h3-5,7,11H,6,17H2,1-2H3. The van der Waals surface area contributed by atoms with Crippen LogP contribution in [-0.2, 0) is 6.42 Å². The van der Waals surface area contributed by atoms with Gasteiger partial charge in [0, 0.05) is 10.9 Å². The number of hydrogen-bond acceptors (Lipinski definition) is 3. The molecule has 19 heavy (non-hydrogen) atoms. The van der Waals surface area contributed by atoms with E-state index in [4.69, 9.17) is 22.1 Å². The van der Waals surface area contributed by atoms with E-state index in [0.717, 1.165) is 16.0 Å². The summed E-state index contributed by atoms with van der Waals surface area (Å²) >= 11 is 7.73. The van der Waals surface area contributed by atoms with Gasteiger partial charge in [0.05, 0.1) is 12.1 Å². The summed E-state index contributed by atoms with van der Waals surface area (Å²) in [4.78, 5) is 0.940. The van der Waals surface area contributed by atoms with Crippen LogP contribution in [0.15, 0.2) is 23.6 Å². The molecule has 102 valence electrons. The molecule has 2 aromatic rings. The molecule has 0 bridgehead atoms. The zero-order valence-corrected chi connectivity index (χ0v) is 12.3. The van der Waals surface area contributed by atoms with Crippen LogP contribution in [0.5, 0.6) is 5.75 Å². The van der Waals surface area contributed by atoms with Crippen LogP contribution in [0.1, 0.15) is 22.0 Å². The fourth-order valence-corrected chi connectivity index (χ4v) is 3.22. The molecule has 0 fully saturated rings. The van der Waals surface area contributed by atoms with Crippen LogP contribution in [-0.4, -0.2) is 7.11 Å². The quantitative estimate of drug-likeness (QED) is 0.922. The lowest BCUT2D eigenvalue weighted by atomic mass is 10.0. The summed E-state index contributed by atoms with van der Waals surface area (Å²) in [5, 5.41) is 2.69. The number of nitrogens with two attached hydrogens (primary N) is 1. The highest BCUT2D eigenvalue weighted by atomic mass is 35.5. The molecule has 0 saturated heterocycles. The molecule has 0 spiro atoms. The molecule has 0 radical (unpaired) electrons. The van der Waals surface area contributed by atoms with E-state index in [1.807, 2.05) is 18.4 Å². The highest BCUT2D eigenvalue weighted by Crippen LogP contribution is 2.33. The molecule has 0 aliphatic carbocycles. The SMILES string of the molecule is COc1ccc(CC(N)c2scc(C)c2Cl)cc1F. The monoisotopic (exact) mass is 299 g/mol. The van der Waals surface area contributed by atoms with Gasteiger partial charge in [-0.2, -0.15) is 0 Å².